The molecule has 1 aliphatic heterocycles. The molecule has 27 heavy (non-hydrogen) atoms. The van der Waals surface area contributed by atoms with E-state index in [1.807, 2.05) is 19.0 Å². The molecule has 1 fully saturated rings. The highest BCUT2D eigenvalue weighted by Gasteiger charge is 2.30. The molecule has 2 amide bonds. The maximum Gasteiger partial charge on any atom is 0.411 e. The molecule has 0 aliphatic carbocycles. The lowest BCUT2D eigenvalue weighted by atomic mass is 9.91. The number of urea groups is 1. The summed E-state index contributed by atoms with van der Waals surface area (Å²) in [6.07, 6.45) is -1.79. The van der Waals surface area contributed by atoms with Gasteiger partial charge in [0.05, 0.1) is 0 Å². The Morgan fingerprint density at radius 2 is 1.70 bits per heavy atom. The van der Waals surface area contributed by atoms with E-state index in [0.717, 1.165) is 25.9 Å². The molecule has 160 valence electrons. The van der Waals surface area contributed by atoms with Crippen LogP contribution in [0.1, 0.15) is 33.1 Å². The molecule has 0 bridgehead atoms. The van der Waals surface area contributed by atoms with E-state index in [0.29, 0.717) is 32.6 Å². The Morgan fingerprint density at radius 1 is 1.11 bits per heavy atom. The van der Waals surface area contributed by atoms with Gasteiger partial charge in [-0.15, -0.1) is 0 Å². The van der Waals surface area contributed by atoms with E-state index in [-0.39, 0.29) is 18.2 Å². The molecule has 0 radical (unpaired) electrons. The number of hydrogen-bond donors (Lipinski definition) is 1. The molecule has 0 aromatic rings. The van der Waals surface area contributed by atoms with Crippen molar-refractivity contribution in [1.82, 2.24) is 20.0 Å². The van der Waals surface area contributed by atoms with E-state index in [9.17, 15) is 18.0 Å². The third kappa shape index (κ3) is 8.23. The van der Waals surface area contributed by atoms with Gasteiger partial charge < -0.3 is 19.9 Å². The van der Waals surface area contributed by atoms with Crippen molar-refractivity contribution in [2.24, 2.45) is 0 Å². The zero-order valence-electron chi connectivity index (χ0n) is 17.1. The van der Waals surface area contributed by atoms with E-state index in [4.69, 9.17) is 0 Å². The number of ether oxygens (including phenoxy) is 1. The summed E-state index contributed by atoms with van der Waals surface area (Å²) in [5.41, 5.74) is -0.0338. The predicted octanol–water partition coefficient (Wildman–Crippen LogP) is 2.40. The molecule has 0 unspecified atom stereocenters. The number of piperazine rings is 1. The zero-order valence-corrected chi connectivity index (χ0v) is 17.1. The minimum absolute atomic E-state index is 0.0338. The molecule has 0 aromatic heterocycles. The van der Waals surface area contributed by atoms with Crippen molar-refractivity contribution in [3.05, 3.63) is 0 Å². The first kappa shape index (κ1) is 24.0. The van der Waals surface area contributed by atoms with Crippen molar-refractivity contribution in [1.29, 1.82) is 0 Å². The van der Waals surface area contributed by atoms with Gasteiger partial charge in [-0.1, -0.05) is 13.8 Å². The van der Waals surface area contributed by atoms with Crippen molar-refractivity contribution in [2.45, 2.75) is 44.8 Å². The van der Waals surface area contributed by atoms with E-state index in [1.54, 1.807) is 0 Å². The molecule has 6 nitrogen and oxygen atoms in total. The first-order valence-corrected chi connectivity index (χ1v) is 9.70. The highest BCUT2D eigenvalue weighted by atomic mass is 19.4. The summed E-state index contributed by atoms with van der Waals surface area (Å²) in [5, 5.41) is 3.07. The quantitative estimate of drug-likeness (QED) is 0.576. The molecule has 0 aromatic carbocycles. The number of rotatable bonds is 10. The normalized spacial score (nSPS) is 16.8. The lowest BCUT2D eigenvalue weighted by Gasteiger charge is -2.40. The lowest BCUT2D eigenvalue weighted by molar-refractivity contribution is -0.174. The maximum atomic E-state index is 12.5. The first-order chi connectivity index (χ1) is 12.6. The monoisotopic (exact) mass is 396 g/mol. The highest BCUT2D eigenvalue weighted by molar-refractivity contribution is 5.74. The van der Waals surface area contributed by atoms with Crippen LogP contribution in [0.15, 0.2) is 0 Å². The molecule has 1 N–H and O–H groups in total. The van der Waals surface area contributed by atoms with Crippen molar-refractivity contribution >= 4 is 6.03 Å². The number of amides is 2. The molecule has 9 heteroatoms. The Hall–Kier alpha value is -1.06. The van der Waals surface area contributed by atoms with Crippen LogP contribution in [0.4, 0.5) is 18.0 Å². The number of halogens is 3. The second-order valence-electron chi connectivity index (χ2n) is 7.33. The zero-order chi connectivity index (χ0) is 20.5. The maximum absolute atomic E-state index is 12.5. The summed E-state index contributed by atoms with van der Waals surface area (Å²) in [7, 11) is 4.08. The Labute approximate surface area is 161 Å². The Balaban J connectivity index is 2.26. The van der Waals surface area contributed by atoms with E-state index in [1.165, 1.54) is 0 Å². The molecular weight excluding hydrogens is 361 g/mol. The van der Waals surface area contributed by atoms with Crippen LogP contribution in [-0.2, 0) is 4.74 Å². The first-order valence-electron chi connectivity index (χ1n) is 9.70. The third-order valence-corrected chi connectivity index (χ3v) is 5.52. The Morgan fingerprint density at radius 3 is 2.19 bits per heavy atom. The van der Waals surface area contributed by atoms with Crippen LogP contribution in [0.25, 0.3) is 0 Å². The molecule has 0 saturated carbocycles. The second-order valence-corrected chi connectivity index (χ2v) is 7.33. The fraction of sp³-hybridized carbons (Fsp3) is 0.944. The molecule has 1 aliphatic rings. The number of carbonyl (C=O) groups is 1. The van der Waals surface area contributed by atoms with Gasteiger partial charge in [-0.05, 0) is 33.4 Å². The fourth-order valence-electron chi connectivity index (χ4n) is 3.40. The van der Waals surface area contributed by atoms with E-state index < -0.39 is 12.8 Å². The van der Waals surface area contributed by atoms with Gasteiger partial charge in [0.2, 0.25) is 0 Å². The molecule has 1 rings (SSSR count). The van der Waals surface area contributed by atoms with Crippen LogP contribution in [-0.4, -0.2) is 99.0 Å². The van der Waals surface area contributed by atoms with E-state index in [2.05, 4.69) is 33.7 Å². The van der Waals surface area contributed by atoms with Gasteiger partial charge in [-0.25, -0.2) is 4.79 Å². The molecule has 1 saturated heterocycles. The van der Waals surface area contributed by atoms with Crippen LogP contribution in [0.3, 0.4) is 0 Å². The number of carbonyl (C=O) groups excluding carboxylic acids is 1. The van der Waals surface area contributed by atoms with Crippen molar-refractivity contribution in [2.75, 3.05) is 66.6 Å². The third-order valence-electron chi connectivity index (χ3n) is 5.52. The molecule has 0 atom stereocenters. The minimum atomic E-state index is -4.27. The second kappa shape index (κ2) is 11.1. The SMILES string of the molecule is CCC(CC)(CNC(=O)N1CCN(CCCOCC(F)(F)F)CC1)N(C)C. The van der Waals surface area contributed by atoms with Crippen molar-refractivity contribution < 1.29 is 22.7 Å². The van der Waals surface area contributed by atoms with E-state index >= 15 is 0 Å². The number of likely N-dealkylation sites (N-methyl/N-ethyl adjacent to an activating group) is 1. The van der Waals surface area contributed by atoms with Crippen LogP contribution in [0.2, 0.25) is 0 Å². The largest absolute Gasteiger partial charge is 0.411 e. The smallest absolute Gasteiger partial charge is 0.372 e. The van der Waals surface area contributed by atoms with Gasteiger partial charge in [0.25, 0.3) is 0 Å². The van der Waals surface area contributed by atoms with Crippen LogP contribution < -0.4 is 5.32 Å². The summed E-state index contributed by atoms with van der Waals surface area (Å²) in [6, 6.07) is -0.0451. The summed E-state index contributed by atoms with van der Waals surface area (Å²) >= 11 is 0. The molecule has 1 heterocycles. The average molecular weight is 396 g/mol. The van der Waals surface area contributed by atoms with Gasteiger partial charge in [-0.3, -0.25) is 4.90 Å². The van der Waals surface area contributed by atoms with Gasteiger partial charge in [-0.2, -0.15) is 13.2 Å². The Kier molecular flexibility index (Phi) is 9.83. The van der Waals surface area contributed by atoms with Crippen LogP contribution in [0.5, 0.6) is 0 Å². The van der Waals surface area contributed by atoms with Gasteiger partial charge in [0.15, 0.2) is 0 Å². The van der Waals surface area contributed by atoms with Gasteiger partial charge >= 0.3 is 12.2 Å². The van der Waals surface area contributed by atoms with Crippen molar-refractivity contribution in [3.63, 3.8) is 0 Å². The topological polar surface area (TPSA) is 48.1 Å². The van der Waals surface area contributed by atoms with Crippen LogP contribution in [0, 0.1) is 0 Å². The number of nitrogens with one attached hydrogen (secondary N) is 1. The van der Waals surface area contributed by atoms with Gasteiger partial charge in [0.1, 0.15) is 6.61 Å². The predicted molar refractivity (Wildman–Crippen MR) is 99.9 cm³/mol. The number of hydrogen-bond acceptors (Lipinski definition) is 4. The average Bonchev–Trinajstić information content (AvgIpc) is 2.62. The summed E-state index contributed by atoms with van der Waals surface area (Å²) in [6.45, 7) is 7.18. The highest BCUT2D eigenvalue weighted by Crippen LogP contribution is 2.20. The number of alkyl halides is 3. The standard InChI is InChI=1S/C18H35F3N4O2/c1-5-17(6-2,23(3)4)14-22-16(26)25-11-9-24(10-12-25)8-7-13-27-15-18(19,20)21/h5-15H2,1-4H3,(H,22,26). The van der Waals surface area contributed by atoms with Crippen molar-refractivity contribution in [3.8, 4) is 0 Å². The minimum Gasteiger partial charge on any atom is -0.372 e. The molecule has 0 spiro atoms. The fourth-order valence-corrected chi connectivity index (χ4v) is 3.40. The van der Waals surface area contributed by atoms with Gasteiger partial charge in [0, 0.05) is 51.4 Å². The summed E-state index contributed by atoms with van der Waals surface area (Å²) in [5.74, 6) is 0. The summed E-state index contributed by atoms with van der Waals surface area (Å²) < 4.78 is 40.6. The lowest BCUT2D eigenvalue weighted by Crippen LogP contribution is -2.56. The molecular formula is C18H35F3N4O2. The number of nitrogens with zero attached hydrogens (tertiary/aromatic N) is 3. The van der Waals surface area contributed by atoms with Crippen LogP contribution >= 0.6 is 0 Å². The Bertz CT molecular complexity index is 435. The summed E-state index contributed by atoms with van der Waals surface area (Å²) in [4.78, 5) is 18.6.